The van der Waals surface area contributed by atoms with Crippen LogP contribution in [0.15, 0.2) is 28.6 Å². The average Bonchev–Trinajstić information content (AvgIpc) is 2.85. The SMILES string of the molecule is CCOC(=O)CCCCCSc1nc2ccccc2s1. The van der Waals surface area contributed by atoms with Gasteiger partial charge in [-0.25, -0.2) is 4.98 Å². The van der Waals surface area contributed by atoms with Crippen molar-refractivity contribution in [3.63, 3.8) is 0 Å². The summed E-state index contributed by atoms with van der Waals surface area (Å²) in [7, 11) is 0. The van der Waals surface area contributed by atoms with Crippen molar-refractivity contribution in [2.45, 2.75) is 36.9 Å². The summed E-state index contributed by atoms with van der Waals surface area (Å²) in [6.07, 6.45) is 3.63. The summed E-state index contributed by atoms with van der Waals surface area (Å²) in [4.78, 5) is 15.8. The molecule has 1 aromatic carbocycles. The fourth-order valence-corrected chi connectivity index (χ4v) is 3.99. The Morgan fingerprint density at radius 2 is 2.15 bits per heavy atom. The number of aromatic nitrogens is 1. The number of thioether (sulfide) groups is 1. The monoisotopic (exact) mass is 309 g/mol. The Balaban J connectivity index is 1.62. The zero-order valence-corrected chi connectivity index (χ0v) is 13.3. The highest BCUT2D eigenvalue weighted by Gasteiger charge is 2.04. The van der Waals surface area contributed by atoms with Gasteiger partial charge in [-0.3, -0.25) is 4.79 Å². The van der Waals surface area contributed by atoms with E-state index in [4.69, 9.17) is 4.74 Å². The first-order valence-electron chi connectivity index (χ1n) is 6.93. The second-order valence-corrected chi connectivity index (χ2v) is 6.78. The highest BCUT2D eigenvalue weighted by atomic mass is 32.2. The molecule has 0 fully saturated rings. The van der Waals surface area contributed by atoms with Crippen molar-refractivity contribution in [2.24, 2.45) is 0 Å². The van der Waals surface area contributed by atoms with Crippen molar-refractivity contribution in [2.75, 3.05) is 12.4 Å². The second-order valence-electron chi connectivity index (χ2n) is 4.41. The topological polar surface area (TPSA) is 39.2 Å². The van der Waals surface area contributed by atoms with Gasteiger partial charge in [0.25, 0.3) is 0 Å². The highest BCUT2D eigenvalue weighted by Crippen LogP contribution is 2.29. The van der Waals surface area contributed by atoms with Gasteiger partial charge in [0.1, 0.15) is 0 Å². The number of carbonyl (C=O) groups is 1. The van der Waals surface area contributed by atoms with Gasteiger partial charge in [-0.2, -0.15) is 0 Å². The van der Waals surface area contributed by atoms with E-state index in [9.17, 15) is 4.79 Å². The largest absolute Gasteiger partial charge is 0.466 e. The van der Waals surface area contributed by atoms with E-state index in [1.807, 2.05) is 19.1 Å². The van der Waals surface area contributed by atoms with E-state index in [0.717, 1.165) is 34.9 Å². The predicted molar refractivity (Wildman–Crippen MR) is 85.4 cm³/mol. The average molecular weight is 309 g/mol. The molecule has 0 N–H and O–H groups in total. The molecule has 0 saturated carbocycles. The van der Waals surface area contributed by atoms with Gasteiger partial charge in [0, 0.05) is 12.2 Å². The summed E-state index contributed by atoms with van der Waals surface area (Å²) in [6.45, 7) is 2.32. The first-order valence-corrected chi connectivity index (χ1v) is 8.74. The maximum absolute atomic E-state index is 11.2. The molecule has 2 aromatic rings. The molecule has 0 spiro atoms. The van der Waals surface area contributed by atoms with Crippen LogP contribution in [0, 0.1) is 0 Å². The molecule has 1 aromatic heterocycles. The molecule has 0 amide bonds. The molecule has 0 radical (unpaired) electrons. The number of benzene rings is 1. The van der Waals surface area contributed by atoms with E-state index < -0.39 is 0 Å². The van der Waals surface area contributed by atoms with Gasteiger partial charge >= 0.3 is 5.97 Å². The van der Waals surface area contributed by atoms with E-state index in [1.165, 1.54) is 4.70 Å². The second kappa shape index (κ2) is 8.27. The number of ether oxygens (including phenoxy) is 1. The summed E-state index contributed by atoms with van der Waals surface area (Å²) in [6, 6.07) is 8.22. The van der Waals surface area contributed by atoms with Crippen LogP contribution >= 0.6 is 23.1 Å². The lowest BCUT2D eigenvalue weighted by molar-refractivity contribution is -0.143. The molecule has 0 aliphatic heterocycles. The minimum absolute atomic E-state index is 0.0775. The van der Waals surface area contributed by atoms with E-state index >= 15 is 0 Å². The number of hydrogen-bond donors (Lipinski definition) is 0. The summed E-state index contributed by atoms with van der Waals surface area (Å²) in [5, 5.41) is 0. The summed E-state index contributed by atoms with van der Waals surface area (Å²) in [5.74, 6) is 0.981. The minimum atomic E-state index is -0.0775. The Morgan fingerprint density at radius 1 is 1.30 bits per heavy atom. The van der Waals surface area contributed by atoms with Crippen molar-refractivity contribution in [3.05, 3.63) is 24.3 Å². The fraction of sp³-hybridized carbons (Fsp3) is 0.467. The number of nitrogens with zero attached hydrogens (tertiary/aromatic N) is 1. The van der Waals surface area contributed by atoms with E-state index in [2.05, 4.69) is 17.1 Å². The molecular weight excluding hydrogens is 290 g/mol. The van der Waals surface area contributed by atoms with Crippen molar-refractivity contribution in [1.29, 1.82) is 0 Å². The van der Waals surface area contributed by atoms with Gasteiger partial charge in [0.2, 0.25) is 0 Å². The molecule has 1 heterocycles. The maximum atomic E-state index is 11.2. The summed E-state index contributed by atoms with van der Waals surface area (Å²) >= 11 is 3.56. The molecule has 0 saturated heterocycles. The van der Waals surface area contributed by atoms with E-state index in [1.54, 1.807) is 23.1 Å². The minimum Gasteiger partial charge on any atom is -0.466 e. The molecule has 0 aliphatic carbocycles. The summed E-state index contributed by atoms with van der Waals surface area (Å²) < 4.78 is 7.28. The number of fused-ring (bicyclic) bond motifs is 1. The Morgan fingerprint density at radius 3 is 2.95 bits per heavy atom. The number of rotatable bonds is 8. The Hall–Kier alpha value is -1.07. The lowest BCUT2D eigenvalue weighted by Crippen LogP contribution is -2.03. The van der Waals surface area contributed by atoms with Crippen LogP contribution in [-0.4, -0.2) is 23.3 Å². The molecule has 5 heteroatoms. The summed E-state index contributed by atoms with van der Waals surface area (Å²) in [5.41, 5.74) is 1.09. The van der Waals surface area contributed by atoms with Crippen LogP contribution in [-0.2, 0) is 9.53 Å². The van der Waals surface area contributed by atoms with E-state index in [0.29, 0.717) is 13.0 Å². The number of para-hydroxylation sites is 1. The molecular formula is C15H19NO2S2. The van der Waals surface area contributed by atoms with Gasteiger partial charge < -0.3 is 4.74 Å². The van der Waals surface area contributed by atoms with Crippen molar-refractivity contribution in [1.82, 2.24) is 4.98 Å². The lowest BCUT2D eigenvalue weighted by atomic mass is 10.2. The number of esters is 1. The van der Waals surface area contributed by atoms with Gasteiger partial charge in [0.05, 0.1) is 16.8 Å². The molecule has 0 atom stereocenters. The highest BCUT2D eigenvalue weighted by molar-refractivity contribution is 8.01. The molecule has 0 bridgehead atoms. The van der Waals surface area contributed by atoms with Gasteiger partial charge in [0.15, 0.2) is 4.34 Å². The van der Waals surface area contributed by atoms with E-state index in [-0.39, 0.29) is 5.97 Å². The van der Waals surface area contributed by atoms with Gasteiger partial charge in [-0.1, -0.05) is 30.3 Å². The molecule has 0 aliphatic rings. The first-order chi connectivity index (χ1) is 9.79. The van der Waals surface area contributed by atoms with Gasteiger partial charge in [-0.05, 0) is 31.9 Å². The molecule has 108 valence electrons. The normalized spacial score (nSPS) is 10.8. The molecule has 0 unspecified atom stereocenters. The zero-order chi connectivity index (χ0) is 14.2. The van der Waals surface area contributed by atoms with Crippen molar-refractivity contribution in [3.8, 4) is 0 Å². The molecule has 2 rings (SSSR count). The Labute approximate surface area is 127 Å². The van der Waals surface area contributed by atoms with Gasteiger partial charge in [-0.15, -0.1) is 11.3 Å². The van der Waals surface area contributed by atoms with Crippen LogP contribution in [0.4, 0.5) is 0 Å². The number of hydrogen-bond acceptors (Lipinski definition) is 5. The predicted octanol–water partition coefficient (Wildman–Crippen LogP) is 4.51. The standard InChI is InChI=1S/C15H19NO2S2/c1-2-18-14(17)10-4-3-7-11-19-15-16-12-8-5-6-9-13(12)20-15/h5-6,8-9H,2-4,7,10-11H2,1H3. The molecule has 20 heavy (non-hydrogen) atoms. The lowest BCUT2D eigenvalue weighted by Gasteiger charge is -2.01. The number of thiazole rings is 1. The van der Waals surface area contributed by atoms with Crippen LogP contribution in [0.3, 0.4) is 0 Å². The zero-order valence-electron chi connectivity index (χ0n) is 11.6. The van der Waals surface area contributed by atoms with Crippen molar-refractivity contribution >= 4 is 39.3 Å². The van der Waals surface area contributed by atoms with Crippen LogP contribution in [0.25, 0.3) is 10.2 Å². The smallest absolute Gasteiger partial charge is 0.305 e. The third-order valence-electron chi connectivity index (χ3n) is 2.83. The number of unbranched alkanes of at least 4 members (excludes halogenated alkanes) is 2. The van der Waals surface area contributed by atoms with Crippen LogP contribution < -0.4 is 0 Å². The van der Waals surface area contributed by atoms with Crippen LogP contribution in [0.5, 0.6) is 0 Å². The fourth-order valence-electron chi connectivity index (χ4n) is 1.85. The third-order valence-corrected chi connectivity index (χ3v) is 5.10. The Kier molecular flexibility index (Phi) is 6.33. The maximum Gasteiger partial charge on any atom is 0.305 e. The Bertz CT molecular complexity index is 521. The first kappa shape index (κ1) is 15.3. The quantitative estimate of drug-likeness (QED) is 0.408. The third kappa shape index (κ3) is 4.80. The van der Waals surface area contributed by atoms with Crippen LogP contribution in [0.2, 0.25) is 0 Å². The molecule has 3 nitrogen and oxygen atoms in total. The van der Waals surface area contributed by atoms with Crippen molar-refractivity contribution < 1.29 is 9.53 Å². The number of carbonyl (C=O) groups excluding carboxylic acids is 1. The van der Waals surface area contributed by atoms with Crippen LogP contribution in [0.1, 0.15) is 32.6 Å².